The third-order valence-corrected chi connectivity index (χ3v) is 3.72. The Morgan fingerprint density at radius 3 is 2.58 bits per heavy atom. The average molecular weight is 325 g/mol. The summed E-state index contributed by atoms with van der Waals surface area (Å²) in [5.74, 6) is 0.550. The predicted octanol–water partition coefficient (Wildman–Crippen LogP) is 3.34. The number of benzene rings is 2. The van der Waals surface area contributed by atoms with Gasteiger partial charge in [-0.3, -0.25) is 4.79 Å². The van der Waals surface area contributed by atoms with Gasteiger partial charge in [0.1, 0.15) is 5.75 Å². The summed E-state index contributed by atoms with van der Waals surface area (Å²) in [4.78, 5) is 12.3. The van der Waals surface area contributed by atoms with E-state index in [0.29, 0.717) is 12.8 Å². The van der Waals surface area contributed by atoms with Crippen molar-refractivity contribution in [3.8, 4) is 5.75 Å². The van der Waals surface area contributed by atoms with E-state index in [-0.39, 0.29) is 18.6 Å². The molecule has 0 fully saturated rings. The number of carbonyl (C=O) groups excluding carboxylic acids is 1. The highest BCUT2D eigenvalue weighted by molar-refractivity contribution is 5.92. The summed E-state index contributed by atoms with van der Waals surface area (Å²) in [5.41, 5.74) is 1.88. The second-order valence-corrected chi connectivity index (χ2v) is 5.41. The Balaban J connectivity index is 2.06. The first-order chi connectivity index (χ1) is 11.7. The van der Waals surface area contributed by atoms with E-state index in [9.17, 15) is 4.79 Å². The molecule has 0 aromatic heterocycles. The first-order valence-corrected chi connectivity index (χ1v) is 8.02. The average Bonchev–Trinajstić information content (AvgIpc) is 2.64. The molecule has 1 amide bonds. The van der Waals surface area contributed by atoms with Gasteiger partial charge in [-0.15, -0.1) is 0 Å². The van der Waals surface area contributed by atoms with E-state index in [2.05, 4.69) is 5.32 Å². The highest BCUT2D eigenvalue weighted by atomic mass is 16.5. The van der Waals surface area contributed by atoms with Crippen molar-refractivity contribution in [2.75, 3.05) is 13.7 Å². The van der Waals surface area contributed by atoms with Gasteiger partial charge in [-0.25, -0.2) is 0 Å². The number of methoxy groups -OCH3 is 1. The Morgan fingerprint density at radius 1 is 1.17 bits per heavy atom. The highest BCUT2D eigenvalue weighted by Crippen LogP contribution is 2.20. The second-order valence-electron chi connectivity index (χ2n) is 5.41. The molecule has 1 atom stereocenters. The quantitative estimate of drug-likeness (QED) is 0.732. The molecule has 24 heavy (non-hydrogen) atoms. The van der Waals surface area contributed by atoms with Gasteiger partial charge >= 0.3 is 0 Å². The van der Waals surface area contributed by atoms with Crippen LogP contribution in [-0.4, -0.2) is 24.7 Å². The first kappa shape index (κ1) is 17.8. The van der Waals surface area contributed by atoms with Crippen molar-refractivity contribution in [3.63, 3.8) is 0 Å². The molecule has 0 spiro atoms. The fourth-order valence-electron chi connectivity index (χ4n) is 2.49. The van der Waals surface area contributed by atoms with Gasteiger partial charge < -0.3 is 15.2 Å². The van der Waals surface area contributed by atoms with Crippen LogP contribution in [0.25, 0.3) is 6.08 Å². The van der Waals surface area contributed by atoms with Gasteiger partial charge in [0.15, 0.2) is 0 Å². The third kappa shape index (κ3) is 5.25. The van der Waals surface area contributed by atoms with E-state index in [1.54, 1.807) is 13.2 Å². The monoisotopic (exact) mass is 325 g/mol. The highest BCUT2D eigenvalue weighted by Gasteiger charge is 2.12. The minimum atomic E-state index is -0.173. The van der Waals surface area contributed by atoms with Crippen LogP contribution >= 0.6 is 0 Å². The van der Waals surface area contributed by atoms with E-state index >= 15 is 0 Å². The number of carbonyl (C=O) groups is 1. The summed E-state index contributed by atoms with van der Waals surface area (Å²) < 4.78 is 5.27. The van der Waals surface area contributed by atoms with Crippen molar-refractivity contribution >= 4 is 12.0 Å². The summed E-state index contributed by atoms with van der Waals surface area (Å²) in [6.07, 6.45) is 4.57. The third-order valence-electron chi connectivity index (χ3n) is 3.72. The summed E-state index contributed by atoms with van der Waals surface area (Å²) in [6.45, 7) is 0.107. The van der Waals surface area contributed by atoms with E-state index in [1.165, 1.54) is 6.08 Å². The SMILES string of the molecule is COc1ccccc1/C=C/C(=O)NC(CCCO)c1ccccc1. The number of hydrogen-bond donors (Lipinski definition) is 2. The summed E-state index contributed by atoms with van der Waals surface area (Å²) in [6, 6.07) is 17.2. The van der Waals surface area contributed by atoms with Crippen LogP contribution in [0, 0.1) is 0 Å². The Labute approximate surface area is 142 Å². The molecule has 0 aliphatic rings. The smallest absolute Gasteiger partial charge is 0.244 e. The van der Waals surface area contributed by atoms with E-state index in [1.807, 2.05) is 54.6 Å². The number of amides is 1. The lowest BCUT2D eigenvalue weighted by Crippen LogP contribution is -2.27. The van der Waals surface area contributed by atoms with Gasteiger partial charge in [0, 0.05) is 18.2 Å². The van der Waals surface area contributed by atoms with Crippen LogP contribution in [0.3, 0.4) is 0 Å². The van der Waals surface area contributed by atoms with Crippen LogP contribution < -0.4 is 10.1 Å². The van der Waals surface area contributed by atoms with Crippen LogP contribution in [0.2, 0.25) is 0 Å². The maximum Gasteiger partial charge on any atom is 0.244 e. The maximum atomic E-state index is 12.3. The van der Waals surface area contributed by atoms with Crippen LogP contribution in [0.4, 0.5) is 0 Å². The Hall–Kier alpha value is -2.59. The fourth-order valence-corrected chi connectivity index (χ4v) is 2.49. The van der Waals surface area contributed by atoms with Crippen molar-refractivity contribution in [3.05, 3.63) is 71.8 Å². The molecule has 0 bridgehead atoms. The molecule has 0 aliphatic heterocycles. The van der Waals surface area contributed by atoms with E-state index in [0.717, 1.165) is 16.9 Å². The zero-order valence-corrected chi connectivity index (χ0v) is 13.8. The Morgan fingerprint density at radius 2 is 1.88 bits per heavy atom. The summed E-state index contributed by atoms with van der Waals surface area (Å²) >= 11 is 0. The standard InChI is InChI=1S/C20H23NO3/c1-24-19-12-6-5-10-17(19)13-14-20(23)21-18(11-7-15-22)16-8-3-2-4-9-16/h2-6,8-10,12-14,18,22H,7,11,15H2,1H3,(H,21,23)/b14-13+. The van der Waals surface area contributed by atoms with Crippen LogP contribution in [-0.2, 0) is 4.79 Å². The van der Waals surface area contributed by atoms with Gasteiger partial charge in [0.25, 0.3) is 0 Å². The topological polar surface area (TPSA) is 58.6 Å². The second kappa shape index (κ2) is 9.53. The molecule has 0 heterocycles. The zero-order valence-electron chi connectivity index (χ0n) is 13.8. The van der Waals surface area contributed by atoms with Gasteiger partial charge in [0.2, 0.25) is 5.91 Å². The number of ether oxygens (including phenoxy) is 1. The van der Waals surface area contributed by atoms with Crippen molar-refractivity contribution in [2.45, 2.75) is 18.9 Å². The maximum absolute atomic E-state index is 12.3. The molecule has 0 aliphatic carbocycles. The fraction of sp³-hybridized carbons (Fsp3) is 0.250. The van der Waals surface area contributed by atoms with E-state index < -0.39 is 0 Å². The summed E-state index contributed by atoms with van der Waals surface area (Å²) in [5, 5.41) is 12.1. The number of para-hydroxylation sites is 1. The minimum Gasteiger partial charge on any atom is -0.496 e. The van der Waals surface area contributed by atoms with Gasteiger partial charge in [-0.1, -0.05) is 48.5 Å². The number of aliphatic hydroxyl groups is 1. The molecule has 2 N–H and O–H groups in total. The molecule has 0 saturated carbocycles. The predicted molar refractivity (Wildman–Crippen MR) is 95.7 cm³/mol. The van der Waals surface area contributed by atoms with Crippen molar-refractivity contribution in [2.24, 2.45) is 0 Å². The molecule has 4 heteroatoms. The normalized spacial score (nSPS) is 12.1. The summed E-state index contributed by atoms with van der Waals surface area (Å²) in [7, 11) is 1.60. The molecular weight excluding hydrogens is 302 g/mol. The molecule has 0 radical (unpaired) electrons. The molecule has 4 nitrogen and oxygen atoms in total. The lowest BCUT2D eigenvalue weighted by Gasteiger charge is -2.18. The molecule has 2 aromatic rings. The van der Waals surface area contributed by atoms with Crippen molar-refractivity contribution < 1.29 is 14.6 Å². The van der Waals surface area contributed by atoms with Gasteiger partial charge in [0.05, 0.1) is 13.2 Å². The molecular formula is C20H23NO3. The number of hydrogen-bond acceptors (Lipinski definition) is 3. The minimum absolute atomic E-state index is 0.107. The zero-order chi connectivity index (χ0) is 17.2. The molecule has 1 unspecified atom stereocenters. The molecule has 2 aromatic carbocycles. The largest absolute Gasteiger partial charge is 0.496 e. The Kier molecular flexibility index (Phi) is 7.05. The number of rotatable bonds is 8. The lowest BCUT2D eigenvalue weighted by molar-refractivity contribution is -0.117. The van der Waals surface area contributed by atoms with Gasteiger partial charge in [-0.05, 0) is 30.5 Å². The lowest BCUT2D eigenvalue weighted by atomic mass is 10.0. The van der Waals surface area contributed by atoms with Crippen LogP contribution in [0.1, 0.15) is 30.0 Å². The van der Waals surface area contributed by atoms with Gasteiger partial charge in [-0.2, -0.15) is 0 Å². The van der Waals surface area contributed by atoms with Crippen LogP contribution in [0.15, 0.2) is 60.7 Å². The van der Waals surface area contributed by atoms with Crippen molar-refractivity contribution in [1.29, 1.82) is 0 Å². The molecule has 126 valence electrons. The molecule has 0 saturated heterocycles. The Bertz CT molecular complexity index is 668. The molecule has 2 rings (SSSR count). The van der Waals surface area contributed by atoms with Crippen LogP contribution in [0.5, 0.6) is 5.75 Å². The number of aliphatic hydroxyl groups excluding tert-OH is 1. The first-order valence-electron chi connectivity index (χ1n) is 8.02. The van der Waals surface area contributed by atoms with E-state index in [4.69, 9.17) is 9.84 Å². The number of nitrogens with one attached hydrogen (secondary N) is 1. The van der Waals surface area contributed by atoms with Crippen molar-refractivity contribution in [1.82, 2.24) is 5.32 Å².